The van der Waals surface area contributed by atoms with E-state index in [0.717, 1.165) is 20.1 Å². The molecule has 0 aromatic heterocycles. The summed E-state index contributed by atoms with van der Waals surface area (Å²) in [5.41, 5.74) is 2.02. The summed E-state index contributed by atoms with van der Waals surface area (Å²) in [5.74, 6) is 0.690. The van der Waals surface area contributed by atoms with Gasteiger partial charge in [0.2, 0.25) is 0 Å². The minimum absolute atomic E-state index is 0.690. The maximum atomic E-state index is 6.02. The van der Waals surface area contributed by atoms with E-state index in [1.165, 1.54) is 0 Å². The van der Waals surface area contributed by atoms with Gasteiger partial charge in [0, 0.05) is 25.6 Å². The average molecular weight is 375 g/mol. The fourth-order valence-electron chi connectivity index (χ4n) is 1.48. The molecule has 0 aliphatic heterocycles. The third kappa shape index (κ3) is 2.84. The van der Waals surface area contributed by atoms with Crippen LogP contribution in [-0.2, 0) is 0 Å². The zero-order valence-corrected chi connectivity index (χ0v) is 12.9. The first-order chi connectivity index (χ1) is 8.11. The van der Waals surface area contributed by atoms with Crippen LogP contribution >= 0.6 is 43.5 Å². The Labute approximate surface area is 122 Å². The van der Waals surface area contributed by atoms with Gasteiger partial charge in [-0.3, -0.25) is 0 Å². The van der Waals surface area contributed by atoms with Crippen LogP contribution in [0.15, 0.2) is 39.3 Å². The molecule has 1 nitrogen and oxygen atoms in total. The molecular weight excluding hydrogens is 367 g/mol. The second kappa shape index (κ2) is 5.42. The molecule has 0 heterocycles. The standard InChI is InChI=1S/C13H8Br2ClO/c1-17-9-3-5-13(15)11(7-9)10-6-8(16)2-4-12(10)14/h2,4-7H,1H3. The van der Waals surface area contributed by atoms with E-state index in [2.05, 4.69) is 37.9 Å². The predicted molar refractivity (Wildman–Crippen MR) is 77.7 cm³/mol. The van der Waals surface area contributed by atoms with Gasteiger partial charge in [-0.15, -0.1) is 0 Å². The molecular formula is C13H8Br2ClO. The van der Waals surface area contributed by atoms with Crippen molar-refractivity contribution in [3.63, 3.8) is 0 Å². The molecule has 0 unspecified atom stereocenters. The van der Waals surface area contributed by atoms with Crippen LogP contribution in [0.4, 0.5) is 0 Å². The van der Waals surface area contributed by atoms with Crippen LogP contribution in [0.2, 0.25) is 5.02 Å². The monoisotopic (exact) mass is 373 g/mol. The zero-order valence-electron chi connectivity index (χ0n) is 8.93. The molecule has 0 N–H and O–H groups in total. The number of ether oxygens (including phenoxy) is 1. The molecule has 2 aromatic rings. The first-order valence-electron chi connectivity index (χ1n) is 4.82. The molecule has 0 atom stereocenters. The van der Waals surface area contributed by atoms with Crippen molar-refractivity contribution < 1.29 is 4.74 Å². The van der Waals surface area contributed by atoms with Crippen LogP contribution < -0.4 is 4.74 Å². The van der Waals surface area contributed by atoms with Crippen molar-refractivity contribution in [3.05, 3.63) is 50.4 Å². The van der Waals surface area contributed by atoms with E-state index in [1.54, 1.807) is 7.11 Å². The van der Waals surface area contributed by atoms with Crippen LogP contribution in [0.5, 0.6) is 5.75 Å². The van der Waals surface area contributed by atoms with Gasteiger partial charge in [-0.1, -0.05) is 43.5 Å². The van der Waals surface area contributed by atoms with Gasteiger partial charge in [-0.25, -0.2) is 0 Å². The number of rotatable bonds is 2. The van der Waals surface area contributed by atoms with Crippen molar-refractivity contribution in [2.45, 2.75) is 0 Å². The molecule has 0 bridgehead atoms. The molecule has 4 heteroatoms. The highest BCUT2D eigenvalue weighted by atomic mass is 79.9. The predicted octanol–water partition coefficient (Wildman–Crippen LogP) is 5.34. The fourth-order valence-corrected chi connectivity index (χ4v) is 2.56. The van der Waals surface area contributed by atoms with E-state index in [4.69, 9.17) is 16.3 Å². The highest BCUT2D eigenvalue weighted by molar-refractivity contribution is 9.11. The molecule has 87 valence electrons. The van der Waals surface area contributed by atoms with Crippen LogP contribution in [0.25, 0.3) is 11.1 Å². The lowest BCUT2D eigenvalue weighted by Gasteiger charge is -2.09. The summed E-state index contributed by atoms with van der Waals surface area (Å²) in [7, 11) is 1.62. The van der Waals surface area contributed by atoms with E-state index in [1.807, 2.05) is 30.3 Å². The van der Waals surface area contributed by atoms with Crippen LogP contribution in [-0.4, -0.2) is 7.11 Å². The van der Waals surface area contributed by atoms with Gasteiger partial charge in [-0.05, 0) is 35.9 Å². The van der Waals surface area contributed by atoms with E-state index < -0.39 is 0 Å². The van der Waals surface area contributed by atoms with Crippen molar-refractivity contribution in [1.82, 2.24) is 0 Å². The minimum atomic E-state index is 0.690. The smallest absolute Gasteiger partial charge is 0.127 e. The summed E-state index contributed by atoms with van der Waals surface area (Å²) in [5, 5.41) is 0.696. The molecule has 0 fully saturated rings. The first kappa shape index (κ1) is 12.9. The van der Waals surface area contributed by atoms with Crippen molar-refractivity contribution in [3.8, 4) is 16.9 Å². The Bertz CT molecular complexity index is 555. The lowest BCUT2D eigenvalue weighted by atomic mass is 10.1. The zero-order chi connectivity index (χ0) is 12.4. The van der Waals surface area contributed by atoms with E-state index in [-0.39, 0.29) is 0 Å². The van der Waals surface area contributed by atoms with Crippen molar-refractivity contribution in [2.24, 2.45) is 0 Å². The lowest BCUT2D eigenvalue weighted by Crippen LogP contribution is -1.87. The van der Waals surface area contributed by atoms with Crippen LogP contribution in [0.3, 0.4) is 0 Å². The number of hydrogen-bond acceptors (Lipinski definition) is 1. The van der Waals surface area contributed by atoms with Crippen LogP contribution in [0.1, 0.15) is 0 Å². The van der Waals surface area contributed by atoms with Gasteiger partial charge in [0.1, 0.15) is 5.75 Å². The summed E-state index contributed by atoms with van der Waals surface area (Å²) >= 11 is 13.0. The maximum absolute atomic E-state index is 6.02. The average Bonchev–Trinajstić information content (AvgIpc) is 2.33. The largest absolute Gasteiger partial charge is 0.496 e. The molecule has 0 spiro atoms. The number of methoxy groups -OCH3 is 1. The highest BCUT2D eigenvalue weighted by Gasteiger charge is 2.09. The SMILES string of the molecule is COc1[c]cc(Br)c(-c2cc(Cl)ccc2Br)c1. The van der Waals surface area contributed by atoms with Gasteiger partial charge in [0.15, 0.2) is 0 Å². The number of benzene rings is 2. The Morgan fingerprint density at radius 3 is 2.53 bits per heavy atom. The fraction of sp³-hybridized carbons (Fsp3) is 0.0769. The van der Waals surface area contributed by atoms with Crippen molar-refractivity contribution in [1.29, 1.82) is 0 Å². The summed E-state index contributed by atoms with van der Waals surface area (Å²) in [6.45, 7) is 0. The molecule has 0 saturated heterocycles. The quantitative estimate of drug-likeness (QED) is 0.688. The van der Waals surface area contributed by atoms with Gasteiger partial charge in [-0.2, -0.15) is 0 Å². The Kier molecular flexibility index (Phi) is 4.13. The normalized spacial score (nSPS) is 10.4. The maximum Gasteiger partial charge on any atom is 0.127 e. The molecule has 1 radical (unpaired) electrons. The molecule has 0 aliphatic rings. The van der Waals surface area contributed by atoms with E-state index in [9.17, 15) is 0 Å². The Hall–Kier alpha value is -0.510. The summed E-state index contributed by atoms with van der Waals surface area (Å²) in [6.07, 6.45) is 0. The van der Waals surface area contributed by atoms with Crippen molar-refractivity contribution >= 4 is 43.5 Å². The van der Waals surface area contributed by atoms with E-state index >= 15 is 0 Å². The molecule has 17 heavy (non-hydrogen) atoms. The second-order valence-electron chi connectivity index (χ2n) is 3.39. The summed E-state index contributed by atoms with van der Waals surface area (Å²) < 4.78 is 7.10. The van der Waals surface area contributed by atoms with Gasteiger partial charge in [0.05, 0.1) is 7.11 Å². The highest BCUT2D eigenvalue weighted by Crippen LogP contribution is 2.37. The third-order valence-electron chi connectivity index (χ3n) is 2.31. The molecule has 0 saturated carbocycles. The van der Waals surface area contributed by atoms with Gasteiger partial charge < -0.3 is 4.74 Å². The summed E-state index contributed by atoms with van der Waals surface area (Å²) in [6, 6.07) is 12.4. The Morgan fingerprint density at radius 2 is 1.82 bits per heavy atom. The lowest BCUT2D eigenvalue weighted by molar-refractivity contribution is 0.414. The minimum Gasteiger partial charge on any atom is -0.496 e. The van der Waals surface area contributed by atoms with E-state index in [0.29, 0.717) is 10.8 Å². The Morgan fingerprint density at radius 1 is 1.12 bits per heavy atom. The Balaban J connectivity index is 2.62. The first-order valence-corrected chi connectivity index (χ1v) is 6.79. The topological polar surface area (TPSA) is 9.23 Å². The van der Waals surface area contributed by atoms with Crippen LogP contribution in [0, 0.1) is 6.07 Å². The van der Waals surface area contributed by atoms with Crippen molar-refractivity contribution in [2.75, 3.05) is 7.11 Å². The van der Waals surface area contributed by atoms with Gasteiger partial charge in [0.25, 0.3) is 0 Å². The molecule has 0 aliphatic carbocycles. The summed E-state index contributed by atoms with van der Waals surface area (Å²) in [4.78, 5) is 0. The molecule has 2 rings (SSSR count). The molecule has 2 aromatic carbocycles. The number of hydrogen-bond donors (Lipinski definition) is 0. The third-order valence-corrected chi connectivity index (χ3v) is 3.90. The molecule has 0 amide bonds. The number of halogens is 3. The second-order valence-corrected chi connectivity index (χ2v) is 5.53. The van der Waals surface area contributed by atoms with Gasteiger partial charge >= 0.3 is 0 Å².